The minimum Gasteiger partial charge on any atom is -0.756 e. The molecule has 0 fully saturated rings. The van der Waals surface area contributed by atoms with Crippen molar-refractivity contribution in [3.63, 3.8) is 0 Å². The predicted molar refractivity (Wildman–Crippen MR) is 247 cm³/mol. The number of allylic oxidation sites excluding steroid dienone is 6. The van der Waals surface area contributed by atoms with Gasteiger partial charge in [-0.25, -0.2) is 0 Å². The van der Waals surface area contributed by atoms with Crippen LogP contribution in [0.25, 0.3) is 0 Å². The SMILES string of the molecule is CC/C=C\C/C=C\C/C=C\CCCCCCCC(=O)NC(COP(=O)([O-])OCC[N+](C)(C)C)C(O)CCCCCCCCCCCCCCCCCCCCCCC. The predicted octanol–water partition coefficient (Wildman–Crippen LogP) is 13.2. The van der Waals surface area contributed by atoms with E-state index in [4.69, 9.17) is 9.05 Å². The number of nitrogens with zero attached hydrogens (tertiary/aromatic N) is 1. The summed E-state index contributed by atoms with van der Waals surface area (Å²) in [5.41, 5.74) is 0. The Kier molecular flexibility index (Phi) is 40.2. The maximum atomic E-state index is 12.9. The highest BCUT2D eigenvalue weighted by molar-refractivity contribution is 7.45. The number of carbonyl (C=O) groups is 1. The lowest BCUT2D eigenvalue weighted by molar-refractivity contribution is -0.870. The first-order valence-corrected chi connectivity index (χ1v) is 25.8. The van der Waals surface area contributed by atoms with Crippen molar-refractivity contribution in [1.29, 1.82) is 0 Å². The number of nitrogens with one attached hydrogen (secondary N) is 1. The molecular weight excluding hydrogens is 744 g/mol. The molecule has 0 saturated heterocycles. The Morgan fingerprint density at radius 2 is 1.05 bits per heavy atom. The Balaban J connectivity index is 4.29. The number of carbonyl (C=O) groups excluding carboxylic acids is 1. The van der Waals surface area contributed by atoms with Gasteiger partial charge in [0.15, 0.2) is 0 Å². The van der Waals surface area contributed by atoms with Crippen LogP contribution in [0.4, 0.5) is 0 Å². The van der Waals surface area contributed by atoms with E-state index in [0.29, 0.717) is 23.9 Å². The fraction of sp³-hybridized carbons (Fsp3) is 0.857. The Bertz CT molecular complexity index is 1040. The first-order valence-electron chi connectivity index (χ1n) is 24.3. The van der Waals surface area contributed by atoms with Crippen LogP contribution < -0.4 is 10.2 Å². The third-order valence-electron chi connectivity index (χ3n) is 10.9. The number of aliphatic hydroxyl groups excluding tert-OH is 1. The number of phosphoric ester groups is 1. The first-order chi connectivity index (χ1) is 28.0. The number of likely N-dealkylation sites (N-methyl/N-ethyl adjacent to an activating group) is 1. The van der Waals surface area contributed by atoms with Gasteiger partial charge in [0.25, 0.3) is 7.82 Å². The van der Waals surface area contributed by atoms with E-state index in [1.165, 1.54) is 116 Å². The fourth-order valence-electron chi connectivity index (χ4n) is 7.05. The topological polar surface area (TPSA) is 108 Å². The van der Waals surface area contributed by atoms with E-state index in [0.717, 1.165) is 77.0 Å². The van der Waals surface area contributed by atoms with Gasteiger partial charge in [-0.3, -0.25) is 9.36 Å². The van der Waals surface area contributed by atoms with E-state index in [2.05, 4.69) is 55.6 Å². The lowest BCUT2D eigenvalue weighted by Gasteiger charge is -2.30. The van der Waals surface area contributed by atoms with Crippen LogP contribution in [0.2, 0.25) is 0 Å². The number of hydrogen-bond donors (Lipinski definition) is 2. The van der Waals surface area contributed by atoms with Gasteiger partial charge in [-0.1, -0.05) is 204 Å². The normalized spacial score (nSPS) is 14.5. The van der Waals surface area contributed by atoms with Crippen molar-refractivity contribution in [3.8, 4) is 0 Å². The molecule has 0 radical (unpaired) electrons. The highest BCUT2D eigenvalue weighted by Crippen LogP contribution is 2.38. The Morgan fingerprint density at radius 1 is 0.621 bits per heavy atom. The van der Waals surface area contributed by atoms with Crippen molar-refractivity contribution in [2.45, 2.75) is 231 Å². The van der Waals surface area contributed by atoms with Gasteiger partial charge < -0.3 is 28.8 Å². The smallest absolute Gasteiger partial charge is 0.268 e. The summed E-state index contributed by atoms with van der Waals surface area (Å²) in [6.07, 6.45) is 50.1. The van der Waals surface area contributed by atoms with Crippen LogP contribution in [0, 0.1) is 0 Å². The average molecular weight is 839 g/mol. The van der Waals surface area contributed by atoms with Gasteiger partial charge in [0.1, 0.15) is 13.2 Å². The van der Waals surface area contributed by atoms with E-state index < -0.39 is 20.0 Å². The third kappa shape index (κ3) is 42.8. The molecule has 0 aromatic rings. The number of aliphatic hydroxyl groups is 1. The molecule has 0 heterocycles. The highest BCUT2D eigenvalue weighted by atomic mass is 31.2. The molecule has 0 spiro atoms. The molecule has 58 heavy (non-hydrogen) atoms. The molecule has 0 bridgehead atoms. The molecule has 0 aliphatic heterocycles. The van der Waals surface area contributed by atoms with Gasteiger partial charge in [-0.15, -0.1) is 0 Å². The quantitative estimate of drug-likeness (QED) is 0.0274. The van der Waals surface area contributed by atoms with Crippen molar-refractivity contribution in [2.24, 2.45) is 0 Å². The Morgan fingerprint density at radius 3 is 1.53 bits per heavy atom. The van der Waals surface area contributed by atoms with E-state index in [9.17, 15) is 19.4 Å². The molecule has 0 saturated carbocycles. The molecule has 2 N–H and O–H groups in total. The van der Waals surface area contributed by atoms with Gasteiger partial charge in [-0.05, 0) is 44.9 Å². The van der Waals surface area contributed by atoms with Gasteiger partial charge in [0.05, 0.1) is 39.9 Å². The standard InChI is InChI=1S/C49H95N2O6P/c1-6-8-10-12-14-16-18-20-22-23-24-25-26-27-29-30-32-34-36-38-40-42-48(52)47(46-57-58(54,55)56-45-44-51(3,4)5)50-49(53)43-41-39-37-35-33-31-28-21-19-17-15-13-11-9-7-2/h9,11,15,17,21,28,47-48,52H,6-8,10,12-14,16,18-20,22-27,29-46H2,1-5H3,(H-,50,53,54,55)/b11-9-,17-15-,28-21-. The lowest BCUT2D eigenvalue weighted by atomic mass is 10.0. The van der Waals surface area contributed by atoms with Gasteiger partial charge in [0.2, 0.25) is 5.91 Å². The number of rotatable bonds is 44. The van der Waals surface area contributed by atoms with E-state index in [1.54, 1.807) is 0 Å². The zero-order valence-corrected chi connectivity index (χ0v) is 39.6. The molecule has 0 aliphatic carbocycles. The minimum atomic E-state index is -4.57. The second-order valence-corrected chi connectivity index (χ2v) is 19.2. The maximum Gasteiger partial charge on any atom is 0.268 e. The zero-order chi connectivity index (χ0) is 42.8. The lowest BCUT2D eigenvalue weighted by Crippen LogP contribution is -2.46. The van der Waals surface area contributed by atoms with Crippen LogP contribution >= 0.6 is 7.82 Å². The largest absolute Gasteiger partial charge is 0.756 e. The monoisotopic (exact) mass is 839 g/mol. The van der Waals surface area contributed by atoms with Crippen LogP contribution in [0.5, 0.6) is 0 Å². The van der Waals surface area contributed by atoms with Crippen molar-refractivity contribution in [2.75, 3.05) is 40.9 Å². The van der Waals surface area contributed by atoms with Crippen molar-refractivity contribution >= 4 is 13.7 Å². The molecule has 342 valence electrons. The summed E-state index contributed by atoms with van der Waals surface area (Å²) in [6.45, 7) is 4.60. The van der Waals surface area contributed by atoms with Crippen LogP contribution in [0.1, 0.15) is 219 Å². The highest BCUT2D eigenvalue weighted by Gasteiger charge is 2.24. The summed E-state index contributed by atoms with van der Waals surface area (Å²) in [7, 11) is 1.29. The van der Waals surface area contributed by atoms with Crippen molar-refractivity contribution in [1.82, 2.24) is 5.32 Å². The molecule has 3 atom stereocenters. The van der Waals surface area contributed by atoms with Crippen LogP contribution in [-0.2, 0) is 18.4 Å². The van der Waals surface area contributed by atoms with E-state index in [1.807, 2.05) is 21.1 Å². The van der Waals surface area contributed by atoms with Crippen LogP contribution in [-0.4, -0.2) is 68.5 Å². The third-order valence-corrected chi connectivity index (χ3v) is 11.9. The maximum absolute atomic E-state index is 12.9. The Labute approximate surface area is 359 Å². The molecule has 9 heteroatoms. The molecule has 1 amide bonds. The summed E-state index contributed by atoms with van der Waals surface area (Å²) in [6, 6.07) is -0.809. The second kappa shape index (κ2) is 41.1. The van der Waals surface area contributed by atoms with Gasteiger partial charge in [0, 0.05) is 6.42 Å². The zero-order valence-electron chi connectivity index (χ0n) is 38.8. The van der Waals surface area contributed by atoms with Gasteiger partial charge in [-0.2, -0.15) is 0 Å². The molecular formula is C49H95N2O6P. The molecule has 0 aromatic heterocycles. The van der Waals surface area contributed by atoms with Crippen molar-refractivity contribution in [3.05, 3.63) is 36.5 Å². The number of hydrogen-bond acceptors (Lipinski definition) is 6. The summed E-state index contributed by atoms with van der Waals surface area (Å²) in [4.78, 5) is 25.4. The van der Waals surface area contributed by atoms with Gasteiger partial charge >= 0.3 is 0 Å². The number of quaternary nitrogens is 1. The van der Waals surface area contributed by atoms with Crippen LogP contribution in [0.3, 0.4) is 0 Å². The minimum absolute atomic E-state index is 0.00806. The number of unbranched alkanes of at least 4 members (excludes halogenated alkanes) is 25. The Hall–Kier alpha value is -1.28. The summed E-state index contributed by atoms with van der Waals surface area (Å²) in [5, 5.41) is 13.9. The molecule has 0 aromatic carbocycles. The van der Waals surface area contributed by atoms with E-state index in [-0.39, 0.29) is 19.1 Å². The fourth-order valence-corrected chi connectivity index (χ4v) is 7.78. The molecule has 0 aliphatic rings. The number of amides is 1. The summed E-state index contributed by atoms with van der Waals surface area (Å²) >= 11 is 0. The average Bonchev–Trinajstić information content (AvgIpc) is 3.17. The summed E-state index contributed by atoms with van der Waals surface area (Å²) < 4.78 is 23.3. The first kappa shape index (κ1) is 56.7. The molecule has 3 unspecified atom stereocenters. The summed E-state index contributed by atoms with van der Waals surface area (Å²) in [5.74, 6) is -0.181. The molecule has 0 rings (SSSR count). The molecule has 8 nitrogen and oxygen atoms in total. The van der Waals surface area contributed by atoms with Crippen LogP contribution in [0.15, 0.2) is 36.5 Å². The van der Waals surface area contributed by atoms with E-state index >= 15 is 0 Å². The number of phosphoric acid groups is 1. The van der Waals surface area contributed by atoms with Crippen molar-refractivity contribution < 1.29 is 32.9 Å². The second-order valence-electron chi connectivity index (χ2n) is 17.8.